The molecule has 2 fully saturated rings. The first-order chi connectivity index (χ1) is 14.6. The first kappa shape index (κ1) is 21.2. The van der Waals surface area contributed by atoms with E-state index in [1.807, 2.05) is 0 Å². The molecule has 164 valence electrons. The molecule has 1 aliphatic carbocycles. The van der Waals surface area contributed by atoms with Gasteiger partial charge in [-0.3, -0.25) is 14.5 Å². The van der Waals surface area contributed by atoms with Gasteiger partial charge in [-0.05, 0) is 68.8 Å². The number of benzene rings is 1. The van der Waals surface area contributed by atoms with Gasteiger partial charge in [-0.25, -0.2) is 0 Å². The first-order valence-electron chi connectivity index (χ1n) is 11.8. The van der Waals surface area contributed by atoms with Gasteiger partial charge in [0.25, 0.3) is 0 Å². The standard InChI is InChI=1S/C24H36N4O2/c1-27-13-7-8-18-16-19(11-12-21(18)27)22(28-14-5-2-6-15-28)17-25-23(29)24(30)26-20-9-3-4-10-20/h11-12,16,20,22H,2-10,13-15,17H2,1H3,(H,25,29)(H,26,30). The van der Waals surface area contributed by atoms with E-state index in [0.717, 1.165) is 51.7 Å². The van der Waals surface area contributed by atoms with E-state index in [4.69, 9.17) is 0 Å². The molecule has 6 heteroatoms. The van der Waals surface area contributed by atoms with Crippen LogP contribution >= 0.6 is 0 Å². The molecule has 1 aromatic rings. The summed E-state index contributed by atoms with van der Waals surface area (Å²) >= 11 is 0. The lowest BCUT2D eigenvalue weighted by Gasteiger charge is -2.36. The summed E-state index contributed by atoms with van der Waals surface area (Å²) in [5, 5.41) is 5.84. The summed E-state index contributed by atoms with van der Waals surface area (Å²) < 4.78 is 0. The normalized spacial score (nSPS) is 21.2. The molecule has 3 aliphatic rings. The lowest BCUT2D eigenvalue weighted by Crippen LogP contribution is -2.47. The van der Waals surface area contributed by atoms with Gasteiger partial charge in [-0.2, -0.15) is 0 Å². The smallest absolute Gasteiger partial charge is 0.309 e. The van der Waals surface area contributed by atoms with E-state index >= 15 is 0 Å². The summed E-state index contributed by atoms with van der Waals surface area (Å²) in [4.78, 5) is 29.6. The summed E-state index contributed by atoms with van der Waals surface area (Å²) in [7, 11) is 2.16. The van der Waals surface area contributed by atoms with Crippen molar-refractivity contribution in [1.29, 1.82) is 0 Å². The predicted octanol–water partition coefficient (Wildman–Crippen LogP) is 2.77. The van der Waals surface area contributed by atoms with E-state index in [1.165, 1.54) is 42.5 Å². The predicted molar refractivity (Wildman–Crippen MR) is 120 cm³/mol. The third-order valence-electron chi connectivity index (χ3n) is 7.02. The van der Waals surface area contributed by atoms with Gasteiger partial charge in [0.1, 0.15) is 0 Å². The van der Waals surface area contributed by atoms with E-state index < -0.39 is 11.8 Å². The summed E-state index contributed by atoms with van der Waals surface area (Å²) in [6.07, 6.45) is 10.2. The molecule has 1 atom stereocenters. The first-order valence-corrected chi connectivity index (χ1v) is 11.8. The molecule has 0 bridgehead atoms. The molecule has 6 nitrogen and oxygen atoms in total. The van der Waals surface area contributed by atoms with Crippen molar-refractivity contribution in [1.82, 2.24) is 15.5 Å². The Bertz CT molecular complexity index is 754. The lowest BCUT2D eigenvalue weighted by atomic mass is 9.95. The molecule has 1 unspecified atom stereocenters. The van der Waals surface area contributed by atoms with Gasteiger partial charge in [-0.1, -0.05) is 31.4 Å². The summed E-state index contributed by atoms with van der Waals surface area (Å²) in [5.74, 6) is -0.979. The summed E-state index contributed by atoms with van der Waals surface area (Å²) in [5.41, 5.74) is 3.97. The zero-order valence-corrected chi connectivity index (χ0v) is 18.3. The third-order valence-corrected chi connectivity index (χ3v) is 7.02. The van der Waals surface area contributed by atoms with Crippen LogP contribution in [0.5, 0.6) is 0 Å². The monoisotopic (exact) mass is 412 g/mol. The second kappa shape index (κ2) is 9.82. The number of hydrogen-bond donors (Lipinski definition) is 2. The molecule has 0 spiro atoms. The number of carbonyl (C=O) groups is 2. The Morgan fingerprint density at radius 3 is 2.53 bits per heavy atom. The fourth-order valence-electron chi connectivity index (χ4n) is 5.29. The van der Waals surface area contributed by atoms with E-state index in [1.54, 1.807) is 0 Å². The number of likely N-dealkylation sites (tertiary alicyclic amines) is 1. The summed E-state index contributed by atoms with van der Waals surface area (Å²) in [6.45, 7) is 3.68. The van der Waals surface area contributed by atoms with Crippen molar-refractivity contribution in [2.45, 2.75) is 69.9 Å². The summed E-state index contributed by atoms with van der Waals surface area (Å²) in [6, 6.07) is 7.06. The SMILES string of the molecule is CN1CCCc2cc(C(CNC(=O)C(=O)NC3CCCC3)N3CCCCC3)ccc21. The average Bonchev–Trinajstić information content (AvgIpc) is 3.27. The minimum Gasteiger partial charge on any atom is -0.374 e. The molecule has 4 rings (SSSR count). The van der Waals surface area contributed by atoms with Crippen LogP contribution in [-0.4, -0.2) is 56.0 Å². The maximum absolute atomic E-state index is 12.5. The van der Waals surface area contributed by atoms with Gasteiger partial charge < -0.3 is 15.5 Å². The van der Waals surface area contributed by atoms with Gasteiger partial charge in [-0.15, -0.1) is 0 Å². The highest BCUT2D eigenvalue weighted by atomic mass is 16.2. The maximum atomic E-state index is 12.5. The highest BCUT2D eigenvalue weighted by Crippen LogP contribution is 2.31. The lowest BCUT2D eigenvalue weighted by molar-refractivity contribution is -0.139. The molecule has 2 aliphatic heterocycles. The van der Waals surface area contributed by atoms with Gasteiger partial charge in [0.2, 0.25) is 0 Å². The van der Waals surface area contributed by atoms with E-state index in [0.29, 0.717) is 6.54 Å². The van der Waals surface area contributed by atoms with Gasteiger partial charge in [0.05, 0.1) is 6.04 Å². The Balaban J connectivity index is 1.45. The number of anilines is 1. The Labute approximate surface area is 180 Å². The Kier molecular flexibility index (Phi) is 6.93. The third kappa shape index (κ3) is 4.97. The van der Waals surface area contributed by atoms with Crippen molar-refractivity contribution >= 4 is 17.5 Å². The van der Waals surface area contributed by atoms with Gasteiger partial charge in [0.15, 0.2) is 0 Å². The van der Waals surface area contributed by atoms with E-state index in [-0.39, 0.29) is 12.1 Å². The number of nitrogens with one attached hydrogen (secondary N) is 2. The van der Waals surface area contributed by atoms with Crippen LogP contribution in [0.3, 0.4) is 0 Å². The second-order valence-corrected chi connectivity index (χ2v) is 9.19. The number of piperidine rings is 1. The van der Waals surface area contributed by atoms with Crippen LogP contribution in [0.4, 0.5) is 5.69 Å². The molecule has 1 saturated carbocycles. The number of aryl methyl sites for hydroxylation is 1. The topological polar surface area (TPSA) is 64.7 Å². The zero-order valence-electron chi connectivity index (χ0n) is 18.3. The molecule has 30 heavy (non-hydrogen) atoms. The van der Waals surface area contributed by atoms with E-state index in [9.17, 15) is 9.59 Å². The minimum absolute atomic E-state index is 0.117. The molecule has 0 aromatic heterocycles. The number of fused-ring (bicyclic) bond motifs is 1. The molecule has 2 amide bonds. The van der Waals surface area contributed by atoms with Crippen LogP contribution in [0.1, 0.15) is 68.5 Å². The second-order valence-electron chi connectivity index (χ2n) is 9.19. The number of nitrogens with zero attached hydrogens (tertiary/aromatic N) is 2. The minimum atomic E-state index is -0.499. The Morgan fingerprint density at radius 1 is 1.00 bits per heavy atom. The Hall–Kier alpha value is -2.08. The molecule has 0 radical (unpaired) electrons. The number of amides is 2. The van der Waals surface area contributed by atoms with Crippen LogP contribution in [0.25, 0.3) is 0 Å². The van der Waals surface area contributed by atoms with Crippen LogP contribution in [0.2, 0.25) is 0 Å². The molecular weight excluding hydrogens is 376 g/mol. The largest absolute Gasteiger partial charge is 0.374 e. The number of rotatable bonds is 5. The number of carbonyl (C=O) groups excluding carboxylic acids is 2. The van der Waals surface area contributed by atoms with Crippen molar-refractivity contribution in [2.24, 2.45) is 0 Å². The molecular formula is C24H36N4O2. The van der Waals surface area contributed by atoms with Crippen LogP contribution in [0.15, 0.2) is 18.2 Å². The van der Waals surface area contributed by atoms with Crippen molar-refractivity contribution in [2.75, 3.05) is 38.1 Å². The fraction of sp³-hybridized carbons (Fsp3) is 0.667. The molecule has 1 aromatic carbocycles. The van der Waals surface area contributed by atoms with Crippen LogP contribution < -0.4 is 15.5 Å². The molecule has 2 heterocycles. The van der Waals surface area contributed by atoms with Crippen molar-refractivity contribution in [3.63, 3.8) is 0 Å². The Morgan fingerprint density at radius 2 is 1.77 bits per heavy atom. The van der Waals surface area contributed by atoms with Crippen molar-refractivity contribution < 1.29 is 9.59 Å². The highest BCUT2D eigenvalue weighted by Gasteiger charge is 2.27. The van der Waals surface area contributed by atoms with Gasteiger partial charge >= 0.3 is 11.8 Å². The quantitative estimate of drug-likeness (QED) is 0.730. The van der Waals surface area contributed by atoms with Crippen LogP contribution in [0, 0.1) is 0 Å². The zero-order chi connectivity index (χ0) is 20.9. The van der Waals surface area contributed by atoms with E-state index in [2.05, 4.69) is 45.7 Å². The highest BCUT2D eigenvalue weighted by molar-refractivity contribution is 6.35. The molecule has 2 N–H and O–H groups in total. The van der Waals surface area contributed by atoms with Crippen LogP contribution in [-0.2, 0) is 16.0 Å². The van der Waals surface area contributed by atoms with Gasteiger partial charge in [0, 0.05) is 31.9 Å². The average molecular weight is 413 g/mol. The van der Waals surface area contributed by atoms with Crippen molar-refractivity contribution in [3.05, 3.63) is 29.3 Å². The maximum Gasteiger partial charge on any atom is 0.309 e. The van der Waals surface area contributed by atoms with Crippen molar-refractivity contribution in [3.8, 4) is 0 Å². The number of hydrogen-bond acceptors (Lipinski definition) is 4. The fourth-order valence-corrected chi connectivity index (χ4v) is 5.29. The molecule has 1 saturated heterocycles.